The molecule has 0 bridgehead atoms. The Morgan fingerprint density at radius 3 is 3.05 bits per heavy atom. The number of nitrogens with zero attached hydrogens (tertiary/aromatic N) is 1. The van der Waals surface area contributed by atoms with Gasteiger partial charge in [-0.25, -0.2) is 0 Å². The van der Waals surface area contributed by atoms with Crippen molar-refractivity contribution in [1.82, 2.24) is 10.2 Å². The van der Waals surface area contributed by atoms with Gasteiger partial charge in [-0.05, 0) is 58.0 Å². The molecule has 4 heteroatoms. The van der Waals surface area contributed by atoms with Crippen molar-refractivity contribution in [2.45, 2.75) is 25.8 Å². The number of hydrogen-bond acceptors (Lipinski definition) is 3. The van der Waals surface area contributed by atoms with Crippen LogP contribution in [0.1, 0.15) is 30.1 Å². The number of rotatable bonds is 5. The maximum absolute atomic E-state index is 12.5. The number of carbonyl (C=O) groups excluding carboxylic acids is 1. The van der Waals surface area contributed by atoms with Crippen molar-refractivity contribution in [1.29, 1.82) is 0 Å². The van der Waals surface area contributed by atoms with E-state index in [0.717, 1.165) is 19.6 Å². The fourth-order valence-electron chi connectivity index (χ4n) is 2.95. The molecule has 2 unspecified atom stereocenters. The highest BCUT2D eigenvalue weighted by Crippen LogP contribution is 2.20. The molecule has 0 aromatic heterocycles. The first-order valence-corrected chi connectivity index (χ1v) is 7.68. The van der Waals surface area contributed by atoms with E-state index in [4.69, 9.17) is 11.6 Å². The zero-order valence-electron chi connectivity index (χ0n) is 12.2. The van der Waals surface area contributed by atoms with Gasteiger partial charge < -0.3 is 5.32 Å². The Bertz CT molecular complexity index is 462. The second kappa shape index (κ2) is 7.21. The summed E-state index contributed by atoms with van der Waals surface area (Å²) >= 11 is 5.97. The molecule has 0 spiro atoms. The maximum Gasteiger partial charge on any atom is 0.179 e. The summed E-state index contributed by atoms with van der Waals surface area (Å²) in [4.78, 5) is 14.8. The lowest BCUT2D eigenvalue weighted by molar-refractivity contribution is 0.0753. The summed E-state index contributed by atoms with van der Waals surface area (Å²) in [6, 6.07) is 7.16. The van der Waals surface area contributed by atoms with Crippen molar-refractivity contribution < 1.29 is 4.79 Å². The summed E-state index contributed by atoms with van der Waals surface area (Å²) in [5.41, 5.74) is 0.709. The van der Waals surface area contributed by atoms with Gasteiger partial charge in [-0.2, -0.15) is 0 Å². The highest BCUT2D eigenvalue weighted by molar-refractivity contribution is 6.31. The Morgan fingerprint density at radius 2 is 2.35 bits per heavy atom. The third-order valence-electron chi connectivity index (χ3n) is 4.08. The molecule has 110 valence electrons. The Morgan fingerprint density at radius 1 is 1.55 bits per heavy atom. The number of carbonyl (C=O) groups is 1. The van der Waals surface area contributed by atoms with Gasteiger partial charge in [0.25, 0.3) is 0 Å². The quantitative estimate of drug-likeness (QED) is 0.848. The second-order valence-electron chi connectivity index (χ2n) is 5.61. The van der Waals surface area contributed by atoms with Crippen LogP contribution in [0.3, 0.4) is 0 Å². The lowest BCUT2D eigenvalue weighted by Gasteiger charge is -2.36. The monoisotopic (exact) mass is 294 g/mol. The van der Waals surface area contributed by atoms with Crippen LogP contribution in [0.25, 0.3) is 0 Å². The van der Waals surface area contributed by atoms with E-state index in [2.05, 4.69) is 10.2 Å². The lowest BCUT2D eigenvalue weighted by atomic mass is 9.95. The molecular weight excluding hydrogens is 272 g/mol. The normalized spacial score (nSPS) is 21.6. The highest BCUT2D eigenvalue weighted by Gasteiger charge is 2.27. The van der Waals surface area contributed by atoms with E-state index >= 15 is 0 Å². The largest absolute Gasteiger partial charge is 0.319 e. The van der Waals surface area contributed by atoms with Crippen LogP contribution >= 0.6 is 11.6 Å². The summed E-state index contributed by atoms with van der Waals surface area (Å²) < 4.78 is 0. The van der Waals surface area contributed by atoms with Crippen LogP contribution in [0.15, 0.2) is 24.3 Å². The van der Waals surface area contributed by atoms with Gasteiger partial charge in [-0.3, -0.25) is 9.69 Å². The number of Topliss-reactive ketones (excluding diaryl/α,β-unsaturated/α-hetero) is 1. The Labute approximate surface area is 126 Å². The standard InChI is InChI=1S/C16H23ClN2O/c1-12(16(20)14-6-3-7-15(17)9-14)19-8-4-5-13(11-19)10-18-2/h3,6-7,9,12-13,18H,4-5,8,10-11H2,1-2H3. The fraction of sp³-hybridized carbons (Fsp3) is 0.562. The maximum atomic E-state index is 12.5. The van der Waals surface area contributed by atoms with E-state index in [1.807, 2.05) is 26.1 Å². The van der Waals surface area contributed by atoms with Crippen LogP contribution < -0.4 is 5.32 Å². The molecule has 2 atom stereocenters. The summed E-state index contributed by atoms with van der Waals surface area (Å²) in [7, 11) is 1.99. The molecule has 1 aromatic rings. The Hall–Kier alpha value is -0.900. The topological polar surface area (TPSA) is 32.3 Å². The number of likely N-dealkylation sites (tertiary alicyclic amines) is 1. The molecule has 20 heavy (non-hydrogen) atoms. The molecule has 0 saturated carbocycles. The van der Waals surface area contributed by atoms with Crippen LogP contribution in [0.5, 0.6) is 0 Å². The molecule has 3 nitrogen and oxygen atoms in total. The van der Waals surface area contributed by atoms with Gasteiger partial charge in [0, 0.05) is 17.1 Å². The SMILES string of the molecule is CNCC1CCCN(C(C)C(=O)c2cccc(Cl)c2)C1. The fourth-order valence-corrected chi connectivity index (χ4v) is 3.14. The molecule has 0 radical (unpaired) electrons. The third-order valence-corrected chi connectivity index (χ3v) is 4.31. The van der Waals surface area contributed by atoms with Crippen LogP contribution in [0.2, 0.25) is 5.02 Å². The van der Waals surface area contributed by atoms with Crippen molar-refractivity contribution in [2.24, 2.45) is 5.92 Å². The number of halogens is 1. The first-order chi connectivity index (χ1) is 9.61. The van der Waals surface area contributed by atoms with Crippen LogP contribution in [0, 0.1) is 5.92 Å². The second-order valence-corrected chi connectivity index (χ2v) is 6.05. The van der Waals surface area contributed by atoms with Gasteiger partial charge in [0.05, 0.1) is 6.04 Å². The number of hydrogen-bond donors (Lipinski definition) is 1. The molecule has 2 rings (SSSR count). The van der Waals surface area contributed by atoms with Gasteiger partial charge >= 0.3 is 0 Å². The van der Waals surface area contributed by atoms with Crippen molar-refractivity contribution >= 4 is 17.4 Å². The first-order valence-electron chi connectivity index (χ1n) is 7.30. The van der Waals surface area contributed by atoms with Crippen molar-refractivity contribution in [3.05, 3.63) is 34.9 Å². The van der Waals surface area contributed by atoms with Crippen LogP contribution in [0.4, 0.5) is 0 Å². The van der Waals surface area contributed by atoms with Gasteiger partial charge in [-0.1, -0.05) is 23.7 Å². The zero-order chi connectivity index (χ0) is 14.5. The van der Waals surface area contributed by atoms with E-state index in [1.165, 1.54) is 12.8 Å². The molecule has 0 amide bonds. The summed E-state index contributed by atoms with van der Waals surface area (Å²) in [6.45, 7) is 5.03. The summed E-state index contributed by atoms with van der Waals surface area (Å²) in [6.07, 6.45) is 2.41. The predicted molar refractivity (Wildman–Crippen MR) is 83.5 cm³/mol. The first kappa shape index (κ1) is 15.5. The van der Waals surface area contributed by atoms with Crippen molar-refractivity contribution in [3.63, 3.8) is 0 Å². The van der Waals surface area contributed by atoms with E-state index in [9.17, 15) is 4.79 Å². The predicted octanol–water partition coefficient (Wildman–Crippen LogP) is 2.84. The third kappa shape index (κ3) is 3.81. The number of nitrogens with one attached hydrogen (secondary N) is 1. The average molecular weight is 295 g/mol. The van der Waals surface area contributed by atoms with E-state index in [0.29, 0.717) is 16.5 Å². The average Bonchev–Trinajstić information content (AvgIpc) is 2.46. The Kier molecular flexibility index (Phi) is 5.58. The molecule has 1 heterocycles. The van der Waals surface area contributed by atoms with Crippen molar-refractivity contribution in [3.8, 4) is 0 Å². The van der Waals surface area contributed by atoms with Gasteiger partial charge in [0.15, 0.2) is 5.78 Å². The minimum Gasteiger partial charge on any atom is -0.319 e. The molecule has 1 aliphatic rings. The van der Waals surface area contributed by atoms with Gasteiger partial charge in [0.2, 0.25) is 0 Å². The summed E-state index contributed by atoms with van der Waals surface area (Å²) in [5, 5.41) is 3.86. The molecule has 1 aromatic carbocycles. The molecule has 1 N–H and O–H groups in total. The van der Waals surface area contributed by atoms with Crippen LogP contribution in [-0.4, -0.2) is 43.4 Å². The molecular formula is C16H23ClN2O. The molecule has 1 aliphatic heterocycles. The minimum atomic E-state index is -0.0758. The molecule has 1 saturated heterocycles. The van der Waals surface area contributed by atoms with Gasteiger partial charge in [-0.15, -0.1) is 0 Å². The molecule has 1 fully saturated rings. The van der Waals surface area contributed by atoms with E-state index in [1.54, 1.807) is 12.1 Å². The van der Waals surface area contributed by atoms with Gasteiger partial charge in [0.1, 0.15) is 0 Å². The van der Waals surface area contributed by atoms with Crippen molar-refractivity contribution in [2.75, 3.05) is 26.7 Å². The smallest absolute Gasteiger partial charge is 0.179 e. The van der Waals surface area contributed by atoms with Crippen LogP contribution in [-0.2, 0) is 0 Å². The molecule has 0 aliphatic carbocycles. The summed E-state index contributed by atoms with van der Waals surface area (Å²) in [5.74, 6) is 0.806. The minimum absolute atomic E-state index is 0.0758. The zero-order valence-corrected chi connectivity index (χ0v) is 13.0. The lowest BCUT2D eigenvalue weighted by Crippen LogP contribution is -2.46. The highest BCUT2D eigenvalue weighted by atomic mass is 35.5. The number of piperidine rings is 1. The Balaban J connectivity index is 2.02. The number of ketones is 1. The van der Waals surface area contributed by atoms with E-state index in [-0.39, 0.29) is 11.8 Å². The number of benzene rings is 1. The van der Waals surface area contributed by atoms with E-state index < -0.39 is 0 Å².